The molecule has 0 aliphatic heterocycles. The third-order valence-corrected chi connectivity index (χ3v) is 6.02. The summed E-state index contributed by atoms with van der Waals surface area (Å²) in [6.07, 6.45) is 9.58. The van der Waals surface area contributed by atoms with Crippen LogP contribution >= 0.6 is 0 Å². The number of benzene rings is 1. The van der Waals surface area contributed by atoms with E-state index < -0.39 is 0 Å². The Bertz CT molecular complexity index is 1200. The standard InChI is InChI=1S/C26H32N6/c1-4-18(3)9-8-11-19(13-14-28-5-2)26-31-23(24-25(27)29-15-16-32(24)26)22-17-20-10-6-7-12-21(20)30-22/h4,6-7,10,12,15-17,19,28,30H,1,3,5,8-9,11,13-14H2,2H3,(H2,27,29). The average Bonchev–Trinajstić information content (AvgIpc) is 3.40. The Morgan fingerprint density at radius 3 is 2.94 bits per heavy atom. The molecule has 0 bridgehead atoms. The third-order valence-electron chi connectivity index (χ3n) is 6.02. The number of imidazole rings is 1. The van der Waals surface area contributed by atoms with Gasteiger partial charge in [-0.15, -0.1) is 0 Å². The van der Waals surface area contributed by atoms with Crippen LogP contribution in [0.3, 0.4) is 0 Å². The lowest BCUT2D eigenvalue weighted by atomic mass is 9.96. The highest BCUT2D eigenvalue weighted by atomic mass is 15.1. The number of fused-ring (bicyclic) bond motifs is 2. The quantitative estimate of drug-likeness (QED) is 0.219. The van der Waals surface area contributed by atoms with Crippen LogP contribution in [-0.2, 0) is 0 Å². The molecular weight excluding hydrogens is 396 g/mol. The van der Waals surface area contributed by atoms with Gasteiger partial charge >= 0.3 is 0 Å². The lowest BCUT2D eigenvalue weighted by Crippen LogP contribution is -2.18. The van der Waals surface area contributed by atoms with Gasteiger partial charge in [0.1, 0.15) is 22.9 Å². The van der Waals surface area contributed by atoms with E-state index in [9.17, 15) is 0 Å². The minimum atomic E-state index is 0.291. The zero-order valence-corrected chi connectivity index (χ0v) is 18.8. The summed E-state index contributed by atoms with van der Waals surface area (Å²) >= 11 is 0. The first-order valence-corrected chi connectivity index (χ1v) is 11.3. The summed E-state index contributed by atoms with van der Waals surface area (Å²) in [6.45, 7) is 11.9. The predicted octanol–water partition coefficient (Wildman–Crippen LogP) is 5.46. The summed E-state index contributed by atoms with van der Waals surface area (Å²) in [5, 5.41) is 4.61. The number of rotatable bonds is 11. The Balaban J connectivity index is 1.76. The molecule has 0 radical (unpaired) electrons. The molecule has 0 aliphatic rings. The summed E-state index contributed by atoms with van der Waals surface area (Å²) in [5.41, 5.74) is 11.2. The van der Waals surface area contributed by atoms with Crippen molar-refractivity contribution in [2.24, 2.45) is 0 Å². The Labute approximate surface area is 189 Å². The van der Waals surface area contributed by atoms with Crippen molar-refractivity contribution in [3.05, 3.63) is 73.4 Å². The maximum absolute atomic E-state index is 6.36. The van der Waals surface area contributed by atoms with E-state index in [2.05, 4.69) is 58.0 Å². The number of allylic oxidation sites excluding steroid dienone is 2. The zero-order valence-electron chi connectivity index (χ0n) is 18.8. The average molecular weight is 429 g/mol. The van der Waals surface area contributed by atoms with Gasteiger partial charge in [-0.25, -0.2) is 9.97 Å². The number of hydrogen-bond acceptors (Lipinski definition) is 4. The van der Waals surface area contributed by atoms with Gasteiger partial charge in [-0.2, -0.15) is 0 Å². The molecule has 32 heavy (non-hydrogen) atoms. The first-order valence-electron chi connectivity index (χ1n) is 11.3. The number of nitrogens with one attached hydrogen (secondary N) is 2. The van der Waals surface area contributed by atoms with E-state index in [4.69, 9.17) is 10.7 Å². The van der Waals surface area contributed by atoms with Gasteiger partial charge in [-0.1, -0.05) is 49.9 Å². The van der Waals surface area contributed by atoms with Crippen molar-refractivity contribution in [2.45, 2.75) is 38.5 Å². The highest BCUT2D eigenvalue weighted by Gasteiger charge is 2.23. The van der Waals surface area contributed by atoms with Crippen LogP contribution < -0.4 is 11.1 Å². The number of nitrogens with zero attached hydrogens (tertiary/aromatic N) is 3. The predicted molar refractivity (Wildman–Crippen MR) is 134 cm³/mol. The van der Waals surface area contributed by atoms with Crippen LogP contribution in [0.25, 0.3) is 27.8 Å². The minimum absolute atomic E-state index is 0.291. The smallest absolute Gasteiger partial charge is 0.150 e. The van der Waals surface area contributed by atoms with Crippen molar-refractivity contribution in [1.82, 2.24) is 24.7 Å². The van der Waals surface area contributed by atoms with Crippen molar-refractivity contribution in [3.63, 3.8) is 0 Å². The molecule has 4 N–H and O–H groups in total. The highest BCUT2D eigenvalue weighted by Crippen LogP contribution is 2.34. The monoisotopic (exact) mass is 428 g/mol. The van der Waals surface area contributed by atoms with Gasteiger partial charge in [-0.3, -0.25) is 4.40 Å². The number of hydrogen-bond donors (Lipinski definition) is 3. The lowest BCUT2D eigenvalue weighted by molar-refractivity contribution is 0.506. The van der Waals surface area contributed by atoms with Crippen LogP contribution in [-0.4, -0.2) is 32.4 Å². The van der Waals surface area contributed by atoms with E-state index in [0.717, 1.165) is 78.0 Å². The van der Waals surface area contributed by atoms with E-state index in [1.54, 1.807) is 6.20 Å². The Morgan fingerprint density at radius 2 is 2.16 bits per heavy atom. The molecule has 1 unspecified atom stereocenters. The number of aromatic nitrogens is 4. The Morgan fingerprint density at radius 1 is 1.31 bits per heavy atom. The molecule has 0 saturated heterocycles. The molecule has 3 heterocycles. The van der Waals surface area contributed by atoms with E-state index in [-0.39, 0.29) is 0 Å². The summed E-state index contributed by atoms with van der Waals surface area (Å²) < 4.78 is 2.13. The fraction of sp³-hybridized carbons (Fsp3) is 0.308. The molecule has 4 aromatic rings. The molecule has 0 aliphatic carbocycles. The van der Waals surface area contributed by atoms with Gasteiger partial charge in [0.05, 0.1) is 5.69 Å². The van der Waals surface area contributed by atoms with Crippen molar-refractivity contribution in [2.75, 3.05) is 18.8 Å². The summed E-state index contributed by atoms with van der Waals surface area (Å²) in [5.74, 6) is 1.81. The molecule has 3 aromatic heterocycles. The van der Waals surface area contributed by atoms with E-state index in [0.29, 0.717) is 11.7 Å². The van der Waals surface area contributed by atoms with E-state index in [1.165, 1.54) is 0 Å². The SMILES string of the molecule is C=CC(=C)CCCC(CCNCC)c1nc(-c2cc3ccccc3[nH]2)c2c(N)nccn12. The van der Waals surface area contributed by atoms with Crippen LogP contribution in [0.5, 0.6) is 0 Å². The molecule has 0 fully saturated rings. The second-order valence-corrected chi connectivity index (χ2v) is 8.21. The van der Waals surface area contributed by atoms with Gasteiger partial charge in [0.15, 0.2) is 0 Å². The fourth-order valence-electron chi connectivity index (χ4n) is 4.30. The first kappa shape index (κ1) is 21.8. The molecule has 6 nitrogen and oxygen atoms in total. The topological polar surface area (TPSA) is 84.0 Å². The molecule has 1 aromatic carbocycles. The Hall–Kier alpha value is -3.38. The van der Waals surface area contributed by atoms with E-state index >= 15 is 0 Å². The minimum Gasteiger partial charge on any atom is -0.382 e. The molecule has 4 rings (SSSR count). The molecule has 0 amide bonds. The van der Waals surface area contributed by atoms with Crippen LogP contribution in [0.2, 0.25) is 0 Å². The van der Waals surface area contributed by atoms with Crippen molar-refractivity contribution >= 4 is 22.2 Å². The summed E-state index contributed by atoms with van der Waals surface area (Å²) in [6, 6.07) is 10.4. The number of para-hydroxylation sites is 1. The lowest BCUT2D eigenvalue weighted by Gasteiger charge is -2.16. The van der Waals surface area contributed by atoms with E-state index in [1.807, 2.05) is 24.4 Å². The normalized spacial score (nSPS) is 12.4. The molecule has 0 saturated carbocycles. The maximum atomic E-state index is 6.36. The van der Waals surface area contributed by atoms with Gasteiger partial charge in [0.25, 0.3) is 0 Å². The number of anilines is 1. The second-order valence-electron chi connectivity index (χ2n) is 8.21. The van der Waals surface area contributed by atoms with Gasteiger partial charge < -0.3 is 16.0 Å². The molecule has 0 spiro atoms. The van der Waals surface area contributed by atoms with Crippen LogP contribution in [0.15, 0.2) is 67.5 Å². The molecular formula is C26H32N6. The summed E-state index contributed by atoms with van der Waals surface area (Å²) in [7, 11) is 0. The molecule has 166 valence electrons. The molecule has 1 atom stereocenters. The van der Waals surface area contributed by atoms with Crippen molar-refractivity contribution < 1.29 is 0 Å². The van der Waals surface area contributed by atoms with Crippen LogP contribution in [0, 0.1) is 0 Å². The second kappa shape index (κ2) is 9.83. The largest absolute Gasteiger partial charge is 0.382 e. The van der Waals surface area contributed by atoms with Crippen LogP contribution in [0.4, 0.5) is 5.82 Å². The first-order chi connectivity index (χ1) is 15.6. The number of nitrogen functional groups attached to an aromatic ring is 1. The maximum Gasteiger partial charge on any atom is 0.150 e. The van der Waals surface area contributed by atoms with Gasteiger partial charge in [0.2, 0.25) is 0 Å². The van der Waals surface area contributed by atoms with Gasteiger partial charge in [0, 0.05) is 29.2 Å². The number of H-pyrrole nitrogens is 1. The van der Waals surface area contributed by atoms with Gasteiger partial charge in [-0.05, 0) is 50.9 Å². The molecule has 6 heteroatoms. The highest BCUT2D eigenvalue weighted by molar-refractivity contribution is 5.91. The number of nitrogens with two attached hydrogens (primary N) is 1. The Kier molecular flexibility index (Phi) is 6.71. The summed E-state index contributed by atoms with van der Waals surface area (Å²) in [4.78, 5) is 13.0. The number of aromatic amines is 1. The van der Waals surface area contributed by atoms with Crippen molar-refractivity contribution in [3.8, 4) is 11.4 Å². The fourth-order valence-corrected chi connectivity index (χ4v) is 4.30. The zero-order chi connectivity index (χ0) is 22.5. The van der Waals surface area contributed by atoms with Crippen molar-refractivity contribution in [1.29, 1.82) is 0 Å². The third kappa shape index (κ3) is 4.46. The van der Waals surface area contributed by atoms with Crippen LogP contribution in [0.1, 0.15) is 44.3 Å².